The molecule has 3 aromatic rings. The van der Waals surface area contributed by atoms with Gasteiger partial charge in [0.25, 0.3) is 5.91 Å². The molecular weight excluding hydrogens is 379 g/mol. The van der Waals surface area contributed by atoms with Gasteiger partial charge in [-0.1, -0.05) is 29.8 Å². The zero-order chi connectivity index (χ0) is 20.7. The molecule has 0 N–H and O–H groups in total. The molecule has 0 bridgehead atoms. The Morgan fingerprint density at radius 1 is 1.10 bits per heavy atom. The number of carbonyl (C=O) groups excluding carboxylic acids is 1. The van der Waals surface area contributed by atoms with E-state index >= 15 is 0 Å². The Labute approximate surface area is 175 Å². The molecule has 5 rings (SSSR count). The number of amides is 1. The zero-order valence-corrected chi connectivity index (χ0v) is 17.1. The molecule has 4 nitrogen and oxygen atoms in total. The van der Waals surface area contributed by atoms with Gasteiger partial charge in [-0.05, 0) is 74.3 Å². The van der Waals surface area contributed by atoms with E-state index < -0.39 is 0 Å². The number of aryl methyl sites for hydroxylation is 1. The van der Waals surface area contributed by atoms with Crippen LogP contribution in [0.15, 0.2) is 65.3 Å². The number of halogens is 1. The van der Waals surface area contributed by atoms with E-state index in [9.17, 15) is 9.18 Å². The maximum Gasteiger partial charge on any atom is 0.293 e. The van der Waals surface area contributed by atoms with Crippen LogP contribution in [0.1, 0.15) is 40.1 Å². The van der Waals surface area contributed by atoms with Crippen molar-refractivity contribution in [2.24, 2.45) is 0 Å². The first kappa shape index (κ1) is 19.1. The molecule has 1 aromatic heterocycles. The Morgan fingerprint density at radius 3 is 2.67 bits per heavy atom. The van der Waals surface area contributed by atoms with Crippen LogP contribution in [0.2, 0.25) is 0 Å². The molecule has 2 aliphatic rings. The van der Waals surface area contributed by atoms with Gasteiger partial charge in [-0.25, -0.2) is 4.39 Å². The van der Waals surface area contributed by atoms with E-state index in [-0.39, 0.29) is 17.1 Å². The average Bonchev–Trinajstić information content (AvgIpc) is 3.37. The quantitative estimate of drug-likeness (QED) is 0.622. The predicted molar refractivity (Wildman–Crippen MR) is 114 cm³/mol. The monoisotopic (exact) mass is 404 g/mol. The van der Waals surface area contributed by atoms with Crippen LogP contribution in [-0.4, -0.2) is 30.4 Å². The molecule has 0 saturated carbocycles. The third-order valence-corrected chi connectivity index (χ3v) is 6.56. The van der Waals surface area contributed by atoms with E-state index in [1.807, 2.05) is 0 Å². The second-order valence-corrected chi connectivity index (χ2v) is 8.58. The van der Waals surface area contributed by atoms with Crippen molar-refractivity contribution in [3.05, 3.63) is 89.1 Å². The maximum absolute atomic E-state index is 14.2. The molecule has 1 amide bonds. The third kappa shape index (κ3) is 3.33. The number of hydrogen-bond donors (Lipinski definition) is 0. The van der Waals surface area contributed by atoms with Crippen molar-refractivity contribution >= 4 is 11.6 Å². The lowest BCUT2D eigenvalue weighted by molar-refractivity contribution is 0.0949. The summed E-state index contributed by atoms with van der Waals surface area (Å²) in [7, 11) is 0. The van der Waals surface area contributed by atoms with Gasteiger partial charge in [0.2, 0.25) is 0 Å². The van der Waals surface area contributed by atoms with Gasteiger partial charge in [-0.15, -0.1) is 0 Å². The van der Waals surface area contributed by atoms with E-state index in [1.54, 1.807) is 29.2 Å². The number of fused-ring (bicyclic) bond motifs is 2. The summed E-state index contributed by atoms with van der Waals surface area (Å²) in [6.07, 6.45) is 3.31. The number of benzene rings is 2. The first-order valence-electron chi connectivity index (χ1n) is 10.5. The molecule has 30 heavy (non-hydrogen) atoms. The van der Waals surface area contributed by atoms with E-state index in [0.717, 1.165) is 43.7 Å². The molecule has 2 aromatic carbocycles. The number of nitrogens with zero attached hydrogens (tertiary/aromatic N) is 2. The standard InChI is InChI=1S/C25H25FN2O2/c1-18-4-2-5-19(14-18)16-27-11-9-25(10-12-27)17-28(24(29)23-6-3-13-30-23)22-8-7-20(26)15-21(22)25/h2-8,13-15H,9-12,16-17H2,1H3. The normalized spacial score (nSPS) is 18.0. The number of carbonyl (C=O) groups is 1. The molecule has 0 atom stereocenters. The number of hydrogen-bond acceptors (Lipinski definition) is 3. The largest absolute Gasteiger partial charge is 0.459 e. The first-order chi connectivity index (χ1) is 14.5. The second-order valence-electron chi connectivity index (χ2n) is 8.58. The second kappa shape index (κ2) is 7.40. The van der Waals surface area contributed by atoms with Crippen LogP contribution in [-0.2, 0) is 12.0 Å². The fourth-order valence-corrected chi connectivity index (χ4v) is 4.99. The SMILES string of the molecule is Cc1cccc(CN2CCC3(CC2)CN(C(=O)c2ccco2)c2ccc(F)cc23)c1. The van der Waals surface area contributed by atoms with Gasteiger partial charge in [0.05, 0.1) is 6.26 Å². The highest BCUT2D eigenvalue weighted by Gasteiger charge is 2.47. The molecule has 1 spiro atoms. The average molecular weight is 404 g/mol. The summed E-state index contributed by atoms with van der Waals surface area (Å²) in [5.74, 6) is -0.0891. The van der Waals surface area contributed by atoms with Crippen LogP contribution in [0.3, 0.4) is 0 Å². The Morgan fingerprint density at radius 2 is 1.93 bits per heavy atom. The predicted octanol–water partition coefficient (Wildman–Crippen LogP) is 4.92. The van der Waals surface area contributed by atoms with Crippen molar-refractivity contribution in [3.8, 4) is 0 Å². The van der Waals surface area contributed by atoms with Crippen LogP contribution >= 0.6 is 0 Å². The van der Waals surface area contributed by atoms with Crippen molar-refractivity contribution in [2.45, 2.75) is 31.7 Å². The van der Waals surface area contributed by atoms with Gasteiger partial charge >= 0.3 is 0 Å². The van der Waals surface area contributed by atoms with E-state index in [1.165, 1.54) is 23.5 Å². The Kier molecular flexibility index (Phi) is 4.70. The minimum atomic E-state index is -0.248. The van der Waals surface area contributed by atoms with Crippen LogP contribution in [0, 0.1) is 12.7 Å². The van der Waals surface area contributed by atoms with Crippen LogP contribution in [0.25, 0.3) is 0 Å². The molecule has 0 aliphatic carbocycles. The zero-order valence-electron chi connectivity index (χ0n) is 17.1. The highest BCUT2D eigenvalue weighted by molar-refractivity contribution is 6.06. The molecule has 2 aliphatic heterocycles. The number of anilines is 1. The van der Waals surface area contributed by atoms with E-state index in [0.29, 0.717) is 12.3 Å². The maximum atomic E-state index is 14.2. The van der Waals surface area contributed by atoms with E-state index in [2.05, 4.69) is 36.1 Å². The summed E-state index contributed by atoms with van der Waals surface area (Å²) >= 11 is 0. The highest BCUT2D eigenvalue weighted by Crippen LogP contribution is 2.47. The molecular formula is C25H25FN2O2. The smallest absolute Gasteiger partial charge is 0.293 e. The van der Waals surface area contributed by atoms with Crippen LogP contribution < -0.4 is 4.90 Å². The Balaban J connectivity index is 1.38. The minimum absolute atomic E-state index is 0.160. The highest BCUT2D eigenvalue weighted by atomic mass is 19.1. The molecule has 1 fully saturated rings. The van der Waals surface area contributed by atoms with Crippen molar-refractivity contribution in [1.29, 1.82) is 0 Å². The van der Waals surface area contributed by atoms with Gasteiger partial charge in [0, 0.05) is 24.2 Å². The van der Waals surface area contributed by atoms with Gasteiger partial charge in [-0.3, -0.25) is 9.69 Å². The number of piperidine rings is 1. The minimum Gasteiger partial charge on any atom is -0.459 e. The summed E-state index contributed by atoms with van der Waals surface area (Å²) in [6.45, 7) is 5.45. The van der Waals surface area contributed by atoms with Crippen molar-refractivity contribution in [3.63, 3.8) is 0 Å². The molecule has 154 valence electrons. The van der Waals surface area contributed by atoms with Crippen molar-refractivity contribution in [1.82, 2.24) is 4.90 Å². The van der Waals surface area contributed by atoms with Gasteiger partial charge in [0.1, 0.15) is 5.82 Å². The molecule has 5 heteroatoms. The molecule has 3 heterocycles. The number of likely N-dealkylation sites (tertiary alicyclic amines) is 1. The Bertz CT molecular complexity index is 1070. The van der Waals surface area contributed by atoms with Gasteiger partial charge in [-0.2, -0.15) is 0 Å². The molecule has 0 unspecified atom stereocenters. The topological polar surface area (TPSA) is 36.7 Å². The number of furan rings is 1. The lowest BCUT2D eigenvalue weighted by Gasteiger charge is -2.40. The summed E-state index contributed by atoms with van der Waals surface area (Å²) in [6, 6.07) is 16.8. The third-order valence-electron chi connectivity index (χ3n) is 6.56. The van der Waals surface area contributed by atoms with Gasteiger partial charge < -0.3 is 9.32 Å². The molecule has 1 saturated heterocycles. The fourth-order valence-electron chi connectivity index (χ4n) is 4.99. The summed E-state index contributed by atoms with van der Waals surface area (Å²) in [4.78, 5) is 17.3. The fraction of sp³-hybridized carbons (Fsp3) is 0.320. The number of rotatable bonds is 3. The van der Waals surface area contributed by atoms with Crippen LogP contribution in [0.5, 0.6) is 0 Å². The van der Waals surface area contributed by atoms with Crippen molar-refractivity contribution < 1.29 is 13.6 Å². The summed E-state index contributed by atoms with van der Waals surface area (Å²) in [5, 5.41) is 0. The van der Waals surface area contributed by atoms with Crippen LogP contribution in [0.4, 0.5) is 10.1 Å². The first-order valence-corrected chi connectivity index (χ1v) is 10.5. The lowest BCUT2D eigenvalue weighted by atomic mass is 9.74. The summed E-state index contributed by atoms with van der Waals surface area (Å²) < 4.78 is 19.5. The van der Waals surface area contributed by atoms with Gasteiger partial charge in [0.15, 0.2) is 5.76 Å². The van der Waals surface area contributed by atoms with Crippen molar-refractivity contribution in [2.75, 3.05) is 24.5 Å². The van der Waals surface area contributed by atoms with E-state index in [4.69, 9.17) is 4.42 Å². The Hall–Kier alpha value is -2.92. The lowest BCUT2D eigenvalue weighted by Crippen LogP contribution is -2.45. The summed E-state index contributed by atoms with van der Waals surface area (Å²) in [5.41, 5.74) is 4.15. The molecule has 0 radical (unpaired) electrons.